The lowest BCUT2D eigenvalue weighted by Crippen LogP contribution is -2.40. The molecule has 0 unspecified atom stereocenters. The second kappa shape index (κ2) is 10.4. The van der Waals surface area contributed by atoms with Crippen molar-refractivity contribution < 1.29 is 31.3 Å². The lowest BCUT2D eigenvalue weighted by atomic mass is 10.1. The lowest BCUT2D eigenvalue weighted by Gasteiger charge is -2.29. The summed E-state index contributed by atoms with van der Waals surface area (Å²) < 4.78 is 54.4. The third kappa shape index (κ3) is 5.70. The molecule has 0 N–H and O–H groups in total. The normalized spacial score (nSPS) is 12.3. The molecule has 9 heteroatoms. The summed E-state index contributed by atoms with van der Waals surface area (Å²) in [4.78, 5) is 13.7. The number of halogens is 1. The van der Waals surface area contributed by atoms with E-state index in [1.807, 2.05) is 13.8 Å². The lowest BCUT2D eigenvalue weighted by molar-refractivity contribution is -0.138. The van der Waals surface area contributed by atoms with Crippen molar-refractivity contribution in [2.75, 3.05) is 20.8 Å². The molecule has 0 heterocycles. The van der Waals surface area contributed by atoms with E-state index in [0.717, 1.165) is 6.07 Å². The van der Waals surface area contributed by atoms with Crippen LogP contribution in [-0.4, -0.2) is 46.1 Å². The van der Waals surface area contributed by atoms with Gasteiger partial charge in [0.15, 0.2) is 11.6 Å². The highest BCUT2D eigenvalue weighted by molar-refractivity contribution is 7.87. The first kappa shape index (κ1) is 23.6. The Balaban J connectivity index is 2.33. The van der Waals surface area contributed by atoms with Crippen molar-refractivity contribution in [1.82, 2.24) is 4.90 Å². The van der Waals surface area contributed by atoms with E-state index in [-0.39, 0.29) is 41.5 Å². The molecule has 0 aliphatic rings. The van der Waals surface area contributed by atoms with E-state index in [1.54, 1.807) is 23.1 Å². The predicted octanol–water partition coefficient (Wildman–Crippen LogP) is 3.38. The largest absolute Gasteiger partial charge is 0.494 e. The summed E-state index contributed by atoms with van der Waals surface area (Å²) >= 11 is 0. The highest BCUT2D eigenvalue weighted by Gasteiger charge is 2.24. The van der Waals surface area contributed by atoms with Crippen LogP contribution >= 0.6 is 0 Å². The Hall–Kier alpha value is -2.65. The molecule has 0 aliphatic carbocycles. The summed E-state index contributed by atoms with van der Waals surface area (Å²) in [5.41, 5.74) is 0.500. The van der Waals surface area contributed by atoms with E-state index >= 15 is 0 Å². The second-order valence-electron chi connectivity index (χ2n) is 6.65. The van der Waals surface area contributed by atoms with Gasteiger partial charge in [-0.3, -0.25) is 4.79 Å². The maximum Gasteiger partial charge on any atom is 0.339 e. The average Bonchev–Trinajstić information content (AvgIpc) is 2.72. The maximum atomic E-state index is 14.0. The zero-order valence-electron chi connectivity index (χ0n) is 17.4. The molecule has 0 bridgehead atoms. The number of hydrogen-bond acceptors (Lipinski definition) is 6. The molecular weight excluding hydrogens is 413 g/mol. The molecular formula is C21H26FNO6S. The highest BCUT2D eigenvalue weighted by atomic mass is 32.2. The van der Waals surface area contributed by atoms with Gasteiger partial charge in [0, 0.05) is 25.3 Å². The van der Waals surface area contributed by atoms with Crippen LogP contribution in [0.2, 0.25) is 0 Å². The standard InChI is InChI=1S/C21H26FNO6S/c1-5-15(2)23(21(24)14-27-3)13-16-8-6-7-9-19(16)29-30(25,26)17-10-11-20(28-4)18(22)12-17/h6-12,15H,5,13-14H2,1-4H3/t15-/m1/s1. The van der Waals surface area contributed by atoms with E-state index in [1.165, 1.54) is 32.4 Å². The molecule has 0 fully saturated rings. The van der Waals surface area contributed by atoms with E-state index < -0.39 is 15.9 Å². The Morgan fingerprint density at radius 2 is 1.83 bits per heavy atom. The van der Waals surface area contributed by atoms with Gasteiger partial charge in [0.2, 0.25) is 5.91 Å². The van der Waals surface area contributed by atoms with Gasteiger partial charge < -0.3 is 18.6 Å². The number of carbonyl (C=O) groups excluding carboxylic acids is 1. The number of rotatable bonds is 10. The SMILES string of the molecule is CC[C@@H](C)N(Cc1ccccc1OS(=O)(=O)c1ccc(OC)c(F)c1)C(=O)COC. The van der Waals surface area contributed by atoms with Crippen LogP contribution in [0, 0.1) is 5.82 Å². The molecule has 30 heavy (non-hydrogen) atoms. The topological polar surface area (TPSA) is 82.1 Å². The van der Waals surface area contributed by atoms with E-state index in [0.29, 0.717) is 12.0 Å². The fourth-order valence-corrected chi connectivity index (χ4v) is 3.76. The summed E-state index contributed by atoms with van der Waals surface area (Å²) in [6, 6.07) is 9.67. The molecule has 0 saturated heterocycles. The van der Waals surface area contributed by atoms with Gasteiger partial charge in [-0.05, 0) is 37.6 Å². The zero-order valence-corrected chi connectivity index (χ0v) is 18.2. The first-order valence-corrected chi connectivity index (χ1v) is 10.8. The van der Waals surface area contributed by atoms with Gasteiger partial charge in [-0.15, -0.1) is 0 Å². The van der Waals surface area contributed by atoms with Gasteiger partial charge >= 0.3 is 10.1 Å². The number of amides is 1. The van der Waals surface area contributed by atoms with Crippen LogP contribution in [0.4, 0.5) is 4.39 Å². The molecule has 7 nitrogen and oxygen atoms in total. The Labute approximate surface area is 176 Å². The van der Waals surface area contributed by atoms with Crippen LogP contribution in [0.15, 0.2) is 47.4 Å². The van der Waals surface area contributed by atoms with Crippen molar-refractivity contribution in [3.63, 3.8) is 0 Å². The van der Waals surface area contributed by atoms with Crippen LogP contribution < -0.4 is 8.92 Å². The number of para-hydroxylation sites is 1. The van der Waals surface area contributed by atoms with Gasteiger partial charge in [-0.2, -0.15) is 8.42 Å². The van der Waals surface area contributed by atoms with Crippen molar-refractivity contribution in [2.45, 2.75) is 37.8 Å². The third-order valence-electron chi connectivity index (χ3n) is 4.64. The van der Waals surface area contributed by atoms with Crippen LogP contribution in [0.1, 0.15) is 25.8 Å². The first-order chi connectivity index (χ1) is 14.2. The summed E-state index contributed by atoms with van der Waals surface area (Å²) in [6.45, 7) is 3.90. The Bertz CT molecular complexity index is 979. The molecule has 0 aliphatic heterocycles. The smallest absolute Gasteiger partial charge is 0.339 e. The summed E-state index contributed by atoms with van der Waals surface area (Å²) in [5.74, 6) is -1.05. The number of benzene rings is 2. The zero-order chi connectivity index (χ0) is 22.3. The minimum absolute atomic E-state index is 0.0623. The Kier molecular flexibility index (Phi) is 8.19. The van der Waals surface area contributed by atoms with Crippen molar-refractivity contribution in [1.29, 1.82) is 0 Å². The van der Waals surface area contributed by atoms with Gasteiger partial charge in [0.05, 0.1) is 7.11 Å². The molecule has 1 amide bonds. The number of methoxy groups -OCH3 is 2. The monoisotopic (exact) mass is 439 g/mol. The molecule has 0 radical (unpaired) electrons. The fourth-order valence-electron chi connectivity index (χ4n) is 2.78. The van der Waals surface area contributed by atoms with Gasteiger partial charge in [-0.1, -0.05) is 25.1 Å². The molecule has 1 atom stereocenters. The van der Waals surface area contributed by atoms with Gasteiger partial charge in [0.1, 0.15) is 17.3 Å². The molecule has 2 aromatic rings. The quantitative estimate of drug-likeness (QED) is 0.528. The number of carbonyl (C=O) groups is 1. The molecule has 0 aromatic heterocycles. The Morgan fingerprint density at radius 1 is 1.13 bits per heavy atom. The minimum atomic E-state index is -4.30. The maximum absolute atomic E-state index is 14.0. The second-order valence-corrected chi connectivity index (χ2v) is 8.20. The average molecular weight is 440 g/mol. The molecule has 0 saturated carbocycles. The van der Waals surface area contributed by atoms with Crippen LogP contribution in [-0.2, 0) is 26.2 Å². The van der Waals surface area contributed by atoms with Gasteiger partial charge in [0.25, 0.3) is 0 Å². The summed E-state index contributed by atoms with van der Waals surface area (Å²) in [6.07, 6.45) is 0.710. The number of hydrogen-bond donors (Lipinski definition) is 0. The van der Waals surface area contributed by atoms with Crippen molar-refractivity contribution in [2.24, 2.45) is 0 Å². The highest BCUT2D eigenvalue weighted by Crippen LogP contribution is 2.27. The minimum Gasteiger partial charge on any atom is -0.494 e. The Morgan fingerprint density at radius 3 is 2.43 bits per heavy atom. The van der Waals surface area contributed by atoms with E-state index in [9.17, 15) is 17.6 Å². The summed E-state index contributed by atoms with van der Waals surface area (Å²) in [5, 5.41) is 0. The summed E-state index contributed by atoms with van der Waals surface area (Å²) in [7, 11) is -1.58. The van der Waals surface area contributed by atoms with E-state index in [4.69, 9.17) is 13.7 Å². The molecule has 2 aromatic carbocycles. The van der Waals surface area contributed by atoms with E-state index in [2.05, 4.69) is 0 Å². The number of ether oxygens (including phenoxy) is 2. The third-order valence-corrected chi connectivity index (χ3v) is 5.87. The molecule has 2 rings (SSSR count). The van der Waals surface area contributed by atoms with Crippen molar-refractivity contribution >= 4 is 16.0 Å². The number of nitrogens with zero attached hydrogens (tertiary/aromatic N) is 1. The van der Waals surface area contributed by atoms with Crippen molar-refractivity contribution in [3.8, 4) is 11.5 Å². The van der Waals surface area contributed by atoms with Crippen LogP contribution in [0.5, 0.6) is 11.5 Å². The molecule has 164 valence electrons. The van der Waals surface area contributed by atoms with Crippen LogP contribution in [0.3, 0.4) is 0 Å². The molecule has 0 spiro atoms. The van der Waals surface area contributed by atoms with Crippen LogP contribution in [0.25, 0.3) is 0 Å². The first-order valence-electron chi connectivity index (χ1n) is 9.37. The fraction of sp³-hybridized carbons (Fsp3) is 0.381. The van der Waals surface area contributed by atoms with Gasteiger partial charge in [-0.25, -0.2) is 4.39 Å². The van der Waals surface area contributed by atoms with Crippen molar-refractivity contribution in [3.05, 3.63) is 53.8 Å². The predicted molar refractivity (Wildman–Crippen MR) is 109 cm³/mol.